The van der Waals surface area contributed by atoms with Gasteiger partial charge in [0.15, 0.2) is 0 Å². The highest BCUT2D eigenvalue weighted by atomic mass is 16.5. The molecule has 7 heteroatoms. The number of hydrogen-bond acceptors (Lipinski definition) is 6. The molecule has 2 N–H and O–H groups in total. The molecule has 0 aliphatic rings. The van der Waals surface area contributed by atoms with Gasteiger partial charge in [0.25, 0.3) is 5.91 Å². The van der Waals surface area contributed by atoms with Gasteiger partial charge in [-0.3, -0.25) is 4.79 Å². The molecule has 0 saturated carbocycles. The van der Waals surface area contributed by atoms with Crippen LogP contribution in [0.25, 0.3) is 12.2 Å². The summed E-state index contributed by atoms with van der Waals surface area (Å²) in [4.78, 5) is 11.7. The standard InChI is InChI=1S/C16H21N3O4/c1-3-4-5-14-13(11(2)22-19-14)7-6-12-10-15(23-18-12)16(21)17-8-9-20/h6-7,10,20H,3-5,8-9H2,1-2H3,(H,17,21)/b7-6+. The highest BCUT2D eigenvalue weighted by Crippen LogP contribution is 2.19. The third-order valence-corrected chi connectivity index (χ3v) is 3.32. The molecule has 0 unspecified atom stereocenters. The molecule has 0 aliphatic carbocycles. The van der Waals surface area contributed by atoms with Crippen LogP contribution in [-0.4, -0.2) is 34.5 Å². The lowest BCUT2D eigenvalue weighted by Gasteiger charge is -1.96. The normalized spacial score (nSPS) is 11.3. The van der Waals surface area contributed by atoms with Crippen molar-refractivity contribution in [3.05, 3.63) is 34.5 Å². The lowest BCUT2D eigenvalue weighted by molar-refractivity contribution is 0.0908. The summed E-state index contributed by atoms with van der Waals surface area (Å²) in [6.07, 6.45) is 6.61. The fourth-order valence-electron chi connectivity index (χ4n) is 2.06. The van der Waals surface area contributed by atoms with E-state index in [1.165, 1.54) is 6.07 Å². The van der Waals surface area contributed by atoms with Crippen LogP contribution in [0.5, 0.6) is 0 Å². The molecular weight excluding hydrogens is 298 g/mol. The van der Waals surface area contributed by atoms with Crippen LogP contribution in [0.1, 0.15) is 53.0 Å². The summed E-state index contributed by atoms with van der Waals surface area (Å²) in [6.45, 7) is 4.03. The molecule has 0 spiro atoms. The fourth-order valence-corrected chi connectivity index (χ4v) is 2.06. The minimum atomic E-state index is -0.406. The van der Waals surface area contributed by atoms with E-state index < -0.39 is 5.91 Å². The van der Waals surface area contributed by atoms with Gasteiger partial charge in [0.1, 0.15) is 11.5 Å². The highest BCUT2D eigenvalue weighted by molar-refractivity contribution is 5.91. The molecule has 0 aliphatic heterocycles. The van der Waals surface area contributed by atoms with Gasteiger partial charge in [0.2, 0.25) is 5.76 Å². The average molecular weight is 319 g/mol. The smallest absolute Gasteiger partial charge is 0.289 e. The second kappa shape index (κ2) is 8.28. The number of carbonyl (C=O) groups excluding carboxylic acids is 1. The van der Waals surface area contributed by atoms with E-state index >= 15 is 0 Å². The molecule has 0 saturated heterocycles. The Morgan fingerprint density at radius 1 is 1.35 bits per heavy atom. The van der Waals surface area contributed by atoms with Crippen LogP contribution in [0.15, 0.2) is 15.1 Å². The number of nitrogens with one attached hydrogen (secondary N) is 1. The molecule has 0 radical (unpaired) electrons. The highest BCUT2D eigenvalue weighted by Gasteiger charge is 2.12. The Kier molecular flexibility index (Phi) is 6.10. The predicted octanol–water partition coefficient (Wildman–Crippen LogP) is 2.21. The maximum atomic E-state index is 11.7. The van der Waals surface area contributed by atoms with Gasteiger partial charge in [-0.2, -0.15) is 0 Å². The number of amides is 1. The van der Waals surface area contributed by atoms with Crippen LogP contribution in [-0.2, 0) is 6.42 Å². The number of nitrogens with zero attached hydrogens (tertiary/aromatic N) is 2. The minimum absolute atomic E-state index is 0.103. The lowest BCUT2D eigenvalue weighted by atomic mass is 10.1. The van der Waals surface area contributed by atoms with Crippen molar-refractivity contribution in [1.29, 1.82) is 0 Å². The summed E-state index contributed by atoms with van der Waals surface area (Å²) in [5.41, 5.74) is 2.39. The zero-order valence-electron chi connectivity index (χ0n) is 13.3. The van der Waals surface area contributed by atoms with Crippen molar-refractivity contribution in [2.45, 2.75) is 33.1 Å². The zero-order chi connectivity index (χ0) is 16.7. The van der Waals surface area contributed by atoms with E-state index in [1.54, 1.807) is 6.08 Å². The number of carbonyl (C=O) groups is 1. The SMILES string of the molecule is CCCCc1noc(C)c1/C=C/c1cc(C(=O)NCCO)on1. The van der Waals surface area contributed by atoms with Crippen molar-refractivity contribution in [1.82, 2.24) is 15.6 Å². The van der Waals surface area contributed by atoms with Crippen LogP contribution in [0, 0.1) is 6.92 Å². The molecule has 0 fully saturated rings. The monoisotopic (exact) mass is 319 g/mol. The second-order valence-electron chi connectivity index (χ2n) is 5.13. The Morgan fingerprint density at radius 3 is 2.91 bits per heavy atom. The number of hydrogen-bond donors (Lipinski definition) is 2. The van der Waals surface area contributed by atoms with Gasteiger partial charge in [0.05, 0.1) is 12.3 Å². The van der Waals surface area contributed by atoms with Crippen LogP contribution in [0.2, 0.25) is 0 Å². The summed E-state index contributed by atoms with van der Waals surface area (Å²) in [5.74, 6) is 0.444. The average Bonchev–Trinajstić information content (AvgIpc) is 3.15. The molecule has 2 rings (SSSR count). The van der Waals surface area contributed by atoms with Gasteiger partial charge in [-0.05, 0) is 31.9 Å². The molecule has 2 aromatic rings. The molecule has 1 amide bonds. The Hall–Kier alpha value is -2.41. The van der Waals surface area contributed by atoms with Crippen molar-refractivity contribution < 1.29 is 18.9 Å². The molecule has 0 atom stereocenters. The minimum Gasteiger partial charge on any atom is -0.395 e. The maximum absolute atomic E-state index is 11.7. The molecule has 0 aromatic carbocycles. The summed E-state index contributed by atoms with van der Waals surface area (Å²) in [6, 6.07) is 1.54. The van der Waals surface area contributed by atoms with Gasteiger partial charge in [0, 0.05) is 18.2 Å². The molecular formula is C16H21N3O4. The molecule has 23 heavy (non-hydrogen) atoms. The van der Waals surface area contributed by atoms with E-state index in [0.717, 1.165) is 36.3 Å². The van der Waals surface area contributed by atoms with Crippen LogP contribution < -0.4 is 5.32 Å². The van der Waals surface area contributed by atoms with Crippen LogP contribution in [0.3, 0.4) is 0 Å². The molecule has 0 bridgehead atoms. The van der Waals surface area contributed by atoms with Crippen molar-refractivity contribution in [3.8, 4) is 0 Å². The zero-order valence-corrected chi connectivity index (χ0v) is 13.3. The topological polar surface area (TPSA) is 101 Å². The molecule has 7 nitrogen and oxygen atoms in total. The first-order valence-electron chi connectivity index (χ1n) is 7.64. The summed E-state index contributed by atoms with van der Waals surface area (Å²) < 4.78 is 10.2. The first-order valence-corrected chi connectivity index (χ1v) is 7.64. The first-order chi connectivity index (χ1) is 11.2. The Morgan fingerprint density at radius 2 is 2.17 bits per heavy atom. The number of unbranched alkanes of at least 4 members (excludes halogenated alkanes) is 1. The Labute approximate surface area is 134 Å². The van der Waals surface area contributed by atoms with E-state index in [4.69, 9.17) is 14.2 Å². The van der Waals surface area contributed by atoms with Gasteiger partial charge >= 0.3 is 0 Å². The number of aliphatic hydroxyl groups is 1. The molecule has 2 aromatic heterocycles. The summed E-state index contributed by atoms with van der Waals surface area (Å²) >= 11 is 0. The number of aromatic nitrogens is 2. The van der Waals surface area contributed by atoms with Crippen LogP contribution >= 0.6 is 0 Å². The lowest BCUT2D eigenvalue weighted by Crippen LogP contribution is -2.25. The van der Waals surface area contributed by atoms with E-state index in [9.17, 15) is 4.79 Å². The third-order valence-electron chi connectivity index (χ3n) is 3.32. The van der Waals surface area contributed by atoms with Crippen molar-refractivity contribution in [2.24, 2.45) is 0 Å². The number of rotatable bonds is 8. The second-order valence-corrected chi connectivity index (χ2v) is 5.13. The van der Waals surface area contributed by atoms with Gasteiger partial charge in [-0.25, -0.2) is 0 Å². The van der Waals surface area contributed by atoms with Gasteiger partial charge in [-0.15, -0.1) is 0 Å². The molecule has 2 heterocycles. The quantitative estimate of drug-likeness (QED) is 0.773. The fraction of sp³-hybridized carbons (Fsp3) is 0.438. The number of aryl methyl sites for hydroxylation is 2. The predicted molar refractivity (Wildman–Crippen MR) is 84.7 cm³/mol. The summed E-state index contributed by atoms with van der Waals surface area (Å²) in [5, 5.41) is 19.1. The van der Waals surface area contributed by atoms with E-state index in [0.29, 0.717) is 5.69 Å². The van der Waals surface area contributed by atoms with E-state index in [-0.39, 0.29) is 18.9 Å². The van der Waals surface area contributed by atoms with Gasteiger partial charge in [-0.1, -0.05) is 23.7 Å². The van der Waals surface area contributed by atoms with Crippen molar-refractivity contribution in [2.75, 3.05) is 13.2 Å². The van der Waals surface area contributed by atoms with Crippen LogP contribution in [0.4, 0.5) is 0 Å². The largest absolute Gasteiger partial charge is 0.395 e. The first kappa shape index (κ1) is 17.0. The summed E-state index contributed by atoms with van der Waals surface area (Å²) in [7, 11) is 0. The Bertz CT molecular complexity index is 673. The van der Waals surface area contributed by atoms with Crippen molar-refractivity contribution >= 4 is 18.1 Å². The Balaban J connectivity index is 2.07. The number of aliphatic hydroxyl groups excluding tert-OH is 1. The van der Waals surface area contributed by atoms with E-state index in [2.05, 4.69) is 22.6 Å². The maximum Gasteiger partial charge on any atom is 0.289 e. The van der Waals surface area contributed by atoms with E-state index in [1.807, 2.05) is 13.0 Å². The third kappa shape index (κ3) is 4.53. The van der Waals surface area contributed by atoms with Gasteiger partial charge < -0.3 is 19.5 Å². The molecule has 124 valence electrons. The van der Waals surface area contributed by atoms with Crippen molar-refractivity contribution in [3.63, 3.8) is 0 Å².